The number of carbonyl (C=O) groups is 2. The standard InChI is InChI=1S/C27H29F4N5O3/c1-3-21(37)35-16-9-18(28)19(10-16)36-26(38)22-13(2)34-25-23(32-12-33-24(22)25)17-8-15(27(29,30)31)6-7-20(17)39-11-14-4-5-14/h6-8,12,14,16,18-19,34H,3-5,9-11H2,1-2H3,(H,35,37)(H,36,38). The summed E-state index contributed by atoms with van der Waals surface area (Å²) < 4.78 is 61.3. The molecule has 3 aromatic rings. The van der Waals surface area contributed by atoms with E-state index < -0.39 is 29.9 Å². The van der Waals surface area contributed by atoms with Gasteiger partial charge in [0.15, 0.2) is 0 Å². The van der Waals surface area contributed by atoms with Gasteiger partial charge in [0.25, 0.3) is 5.91 Å². The Kier molecular flexibility index (Phi) is 7.21. The van der Waals surface area contributed by atoms with Crippen molar-refractivity contribution in [2.75, 3.05) is 6.61 Å². The molecule has 0 bridgehead atoms. The van der Waals surface area contributed by atoms with E-state index in [-0.39, 0.29) is 64.8 Å². The van der Waals surface area contributed by atoms with E-state index in [0.29, 0.717) is 18.2 Å². The third-order valence-electron chi connectivity index (χ3n) is 7.22. The summed E-state index contributed by atoms with van der Waals surface area (Å²) in [5, 5.41) is 5.46. The molecule has 2 fully saturated rings. The Bertz CT molecular complexity index is 1400. The summed E-state index contributed by atoms with van der Waals surface area (Å²) in [6, 6.07) is 2.04. The normalized spacial score (nSPS) is 21.2. The molecule has 2 aliphatic rings. The van der Waals surface area contributed by atoms with Crippen LogP contribution in [0.5, 0.6) is 5.75 Å². The van der Waals surface area contributed by atoms with Crippen molar-refractivity contribution >= 4 is 22.8 Å². The van der Waals surface area contributed by atoms with Crippen LogP contribution in [0.3, 0.4) is 0 Å². The molecule has 8 nitrogen and oxygen atoms in total. The highest BCUT2D eigenvalue weighted by Crippen LogP contribution is 2.40. The summed E-state index contributed by atoms with van der Waals surface area (Å²) in [7, 11) is 0. The monoisotopic (exact) mass is 547 g/mol. The first-order valence-electron chi connectivity index (χ1n) is 13.0. The molecule has 39 heavy (non-hydrogen) atoms. The maximum Gasteiger partial charge on any atom is 0.416 e. The Morgan fingerprint density at radius 3 is 2.62 bits per heavy atom. The van der Waals surface area contributed by atoms with Gasteiger partial charge in [-0.1, -0.05) is 6.92 Å². The van der Waals surface area contributed by atoms with E-state index in [9.17, 15) is 27.2 Å². The number of amides is 2. The number of aryl methyl sites for hydroxylation is 1. The van der Waals surface area contributed by atoms with Crippen LogP contribution in [-0.4, -0.2) is 51.6 Å². The molecule has 2 aromatic heterocycles. The van der Waals surface area contributed by atoms with Gasteiger partial charge < -0.3 is 20.4 Å². The topological polar surface area (TPSA) is 109 Å². The maximum atomic E-state index is 14.7. The highest BCUT2D eigenvalue weighted by molar-refractivity contribution is 6.09. The van der Waals surface area contributed by atoms with Crippen LogP contribution in [0.15, 0.2) is 24.5 Å². The van der Waals surface area contributed by atoms with Gasteiger partial charge in [-0.05, 0) is 50.3 Å². The van der Waals surface area contributed by atoms with Crippen molar-refractivity contribution in [2.45, 2.75) is 70.4 Å². The number of H-pyrrole nitrogens is 1. The first kappa shape index (κ1) is 26.9. The number of fused-ring (bicyclic) bond motifs is 1. The summed E-state index contributed by atoms with van der Waals surface area (Å²) in [5.74, 6) is -0.142. The smallest absolute Gasteiger partial charge is 0.416 e. The Morgan fingerprint density at radius 1 is 1.15 bits per heavy atom. The van der Waals surface area contributed by atoms with E-state index in [2.05, 4.69) is 25.6 Å². The molecule has 0 saturated heterocycles. The Hall–Kier alpha value is -3.70. The van der Waals surface area contributed by atoms with Crippen LogP contribution in [0.2, 0.25) is 0 Å². The van der Waals surface area contributed by atoms with E-state index in [1.165, 1.54) is 12.4 Å². The predicted molar refractivity (Wildman–Crippen MR) is 135 cm³/mol. The van der Waals surface area contributed by atoms with Crippen LogP contribution in [0, 0.1) is 12.8 Å². The first-order chi connectivity index (χ1) is 18.5. The maximum absolute atomic E-state index is 14.7. The SMILES string of the molecule is CCC(=O)NC1CC(F)C(NC(=O)c2c(C)[nH]c3c(-c4cc(C(F)(F)F)ccc4OCC4CC4)ncnc23)C1. The van der Waals surface area contributed by atoms with Crippen molar-refractivity contribution in [3.63, 3.8) is 0 Å². The van der Waals surface area contributed by atoms with E-state index in [4.69, 9.17) is 4.74 Å². The van der Waals surface area contributed by atoms with Crippen LogP contribution in [0.4, 0.5) is 17.6 Å². The molecule has 3 unspecified atom stereocenters. The summed E-state index contributed by atoms with van der Waals surface area (Å²) in [4.78, 5) is 36.5. The number of nitrogens with one attached hydrogen (secondary N) is 3. The number of benzene rings is 1. The van der Waals surface area contributed by atoms with Gasteiger partial charge in [0, 0.05) is 30.1 Å². The largest absolute Gasteiger partial charge is 0.493 e. The zero-order chi connectivity index (χ0) is 27.9. The molecule has 12 heteroatoms. The number of alkyl halides is 4. The van der Waals surface area contributed by atoms with E-state index in [1.54, 1.807) is 13.8 Å². The molecule has 1 aromatic carbocycles. The zero-order valence-electron chi connectivity index (χ0n) is 21.5. The molecule has 0 aliphatic heterocycles. The fourth-order valence-corrected chi connectivity index (χ4v) is 4.94. The van der Waals surface area contributed by atoms with Crippen LogP contribution in [-0.2, 0) is 11.0 Å². The van der Waals surface area contributed by atoms with Gasteiger partial charge in [0.1, 0.15) is 29.5 Å². The lowest BCUT2D eigenvalue weighted by Crippen LogP contribution is -2.39. The van der Waals surface area contributed by atoms with Crippen molar-refractivity contribution in [1.29, 1.82) is 0 Å². The van der Waals surface area contributed by atoms with Gasteiger partial charge in [-0.25, -0.2) is 14.4 Å². The van der Waals surface area contributed by atoms with Crippen molar-refractivity contribution in [3.05, 3.63) is 41.3 Å². The number of ether oxygens (including phenoxy) is 1. The van der Waals surface area contributed by atoms with Gasteiger partial charge in [-0.15, -0.1) is 0 Å². The Balaban J connectivity index is 1.47. The van der Waals surface area contributed by atoms with Crippen LogP contribution >= 0.6 is 0 Å². The quantitative estimate of drug-likeness (QED) is 0.349. The Morgan fingerprint density at radius 2 is 1.92 bits per heavy atom. The number of halogens is 4. The van der Waals surface area contributed by atoms with Gasteiger partial charge >= 0.3 is 6.18 Å². The number of nitrogens with zero attached hydrogens (tertiary/aromatic N) is 2. The fourth-order valence-electron chi connectivity index (χ4n) is 4.94. The minimum absolute atomic E-state index is 0.0923. The summed E-state index contributed by atoms with van der Waals surface area (Å²) in [6.45, 7) is 3.71. The minimum Gasteiger partial charge on any atom is -0.493 e. The fraction of sp³-hybridized carbons (Fsp3) is 0.481. The number of hydrogen-bond acceptors (Lipinski definition) is 5. The van der Waals surface area contributed by atoms with E-state index in [1.807, 2.05) is 0 Å². The van der Waals surface area contributed by atoms with E-state index >= 15 is 0 Å². The number of aromatic amines is 1. The van der Waals surface area contributed by atoms with Gasteiger partial charge in [-0.3, -0.25) is 9.59 Å². The van der Waals surface area contributed by atoms with Crippen LogP contribution in [0.1, 0.15) is 60.6 Å². The molecule has 0 spiro atoms. The lowest BCUT2D eigenvalue weighted by molar-refractivity contribution is -0.137. The number of hydrogen-bond donors (Lipinski definition) is 3. The summed E-state index contributed by atoms with van der Waals surface area (Å²) in [6.07, 6.45) is -2.12. The molecule has 0 radical (unpaired) electrons. The third kappa shape index (κ3) is 5.69. The molecular weight excluding hydrogens is 518 g/mol. The third-order valence-corrected chi connectivity index (χ3v) is 7.22. The molecule has 5 rings (SSSR count). The molecule has 3 N–H and O–H groups in total. The molecule has 3 atom stereocenters. The highest BCUT2D eigenvalue weighted by Gasteiger charge is 2.37. The summed E-state index contributed by atoms with van der Waals surface area (Å²) >= 11 is 0. The average molecular weight is 548 g/mol. The summed E-state index contributed by atoms with van der Waals surface area (Å²) in [5.41, 5.74) is 0.446. The molecule has 2 amide bonds. The van der Waals surface area contributed by atoms with Crippen LogP contribution < -0.4 is 15.4 Å². The second-order valence-corrected chi connectivity index (χ2v) is 10.2. The highest BCUT2D eigenvalue weighted by atomic mass is 19.4. The average Bonchev–Trinajstić information content (AvgIpc) is 3.57. The second-order valence-electron chi connectivity index (χ2n) is 10.2. The lowest BCUT2D eigenvalue weighted by Gasteiger charge is -2.16. The predicted octanol–water partition coefficient (Wildman–Crippen LogP) is 4.87. The van der Waals surface area contributed by atoms with Gasteiger partial charge in [-0.2, -0.15) is 13.2 Å². The number of aromatic nitrogens is 3. The van der Waals surface area contributed by atoms with Crippen LogP contribution in [0.25, 0.3) is 22.3 Å². The second kappa shape index (κ2) is 10.5. The molecule has 2 aliphatic carbocycles. The number of carbonyl (C=O) groups excluding carboxylic acids is 2. The molecule has 2 heterocycles. The minimum atomic E-state index is -4.58. The van der Waals surface area contributed by atoms with Gasteiger partial charge in [0.05, 0.1) is 29.3 Å². The molecular formula is C27H29F4N5O3. The van der Waals surface area contributed by atoms with Crippen molar-refractivity contribution < 1.29 is 31.9 Å². The molecule has 208 valence electrons. The van der Waals surface area contributed by atoms with Crippen molar-refractivity contribution in [1.82, 2.24) is 25.6 Å². The Labute approximate surface area is 221 Å². The number of rotatable bonds is 8. The zero-order valence-corrected chi connectivity index (χ0v) is 21.5. The van der Waals surface area contributed by atoms with Crippen molar-refractivity contribution in [2.24, 2.45) is 5.92 Å². The van der Waals surface area contributed by atoms with E-state index in [0.717, 1.165) is 25.0 Å². The van der Waals surface area contributed by atoms with Crippen molar-refractivity contribution in [3.8, 4) is 17.0 Å². The van der Waals surface area contributed by atoms with Gasteiger partial charge in [0.2, 0.25) is 5.91 Å². The first-order valence-corrected chi connectivity index (χ1v) is 13.0. The molecule has 2 saturated carbocycles. The lowest BCUT2D eigenvalue weighted by atomic mass is 10.0.